The predicted molar refractivity (Wildman–Crippen MR) is 57.2 cm³/mol. The fraction of sp³-hybridized carbons (Fsp3) is 0.889. The first-order chi connectivity index (χ1) is 7.12. The summed E-state index contributed by atoms with van der Waals surface area (Å²) in [5.74, 6) is 0. The van der Waals surface area contributed by atoms with Gasteiger partial charge in [-0.25, -0.2) is 8.98 Å². The van der Waals surface area contributed by atoms with Gasteiger partial charge in [0.05, 0.1) is 6.10 Å². The number of carboxylic acid groups (broad SMARTS) is 1. The lowest BCUT2D eigenvalue weighted by molar-refractivity contribution is 0.0921. The third kappa shape index (κ3) is 3.34. The average Bonchev–Trinajstić information content (AvgIpc) is 1.97. The van der Waals surface area contributed by atoms with Gasteiger partial charge in [0, 0.05) is 6.54 Å². The Kier molecular flexibility index (Phi) is 3.49. The van der Waals surface area contributed by atoms with Crippen LogP contribution in [0, 0.1) is 5.41 Å². The van der Waals surface area contributed by atoms with Gasteiger partial charge in [-0.05, 0) is 18.3 Å². The van der Waals surface area contributed by atoms with Crippen molar-refractivity contribution in [3.63, 3.8) is 0 Å². The van der Waals surface area contributed by atoms with E-state index in [1.807, 2.05) is 20.8 Å². The van der Waals surface area contributed by atoms with Gasteiger partial charge in [-0.15, -0.1) is 0 Å². The maximum absolute atomic E-state index is 11.4. The topological polar surface area (TPSA) is 83.9 Å². The summed E-state index contributed by atoms with van der Waals surface area (Å²) in [6.45, 7) is 5.91. The van der Waals surface area contributed by atoms with Crippen molar-refractivity contribution in [1.82, 2.24) is 4.31 Å². The molecular weight excluding hydrogens is 234 g/mol. The van der Waals surface area contributed by atoms with Crippen molar-refractivity contribution in [2.45, 2.75) is 39.7 Å². The molecule has 1 heterocycles. The lowest BCUT2D eigenvalue weighted by atomic mass is 9.88. The molecule has 1 rings (SSSR count). The molecule has 16 heavy (non-hydrogen) atoms. The number of hydrogen-bond acceptors (Lipinski definition) is 4. The van der Waals surface area contributed by atoms with Crippen LogP contribution in [-0.2, 0) is 14.5 Å². The Morgan fingerprint density at radius 3 is 2.44 bits per heavy atom. The minimum Gasteiger partial charge on any atom is -0.464 e. The molecule has 0 aromatic rings. The zero-order valence-corrected chi connectivity index (χ0v) is 10.5. The number of carbonyl (C=O) groups is 1. The maximum Gasteiger partial charge on any atom is 0.422 e. The van der Waals surface area contributed by atoms with E-state index in [4.69, 9.17) is 9.29 Å². The van der Waals surface area contributed by atoms with Crippen molar-refractivity contribution < 1.29 is 22.5 Å². The molecule has 0 aliphatic carbocycles. The quantitative estimate of drug-likeness (QED) is 0.762. The smallest absolute Gasteiger partial charge is 0.422 e. The molecular formula is C9H17NO5S. The molecule has 0 radical (unpaired) electrons. The van der Waals surface area contributed by atoms with Crippen LogP contribution in [0.4, 0.5) is 4.79 Å². The van der Waals surface area contributed by atoms with Crippen molar-refractivity contribution in [2.75, 3.05) is 6.54 Å². The molecule has 94 valence electrons. The highest BCUT2D eigenvalue weighted by Crippen LogP contribution is 2.28. The SMILES string of the molecule is CC(C)(C)C[C@H]1CCN(C(=O)O)S(=O)(=O)O1. The molecule has 0 saturated carbocycles. The Morgan fingerprint density at radius 2 is 2.06 bits per heavy atom. The third-order valence-electron chi connectivity index (χ3n) is 2.24. The number of nitrogens with zero attached hydrogens (tertiary/aromatic N) is 1. The van der Waals surface area contributed by atoms with E-state index >= 15 is 0 Å². The van der Waals surface area contributed by atoms with Gasteiger partial charge in [0.2, 0.25) is 0 Å². The monoisotopic (exact) mass is 251 g/mol. The molecule has 1 fully saturated rings. The van der Waals surface area contributed by atoms with Crippen LogP contribution in [0.1, 0.15) is 33.6 Å². The van der Waals surface area contributed by atoms with Crippen LogP contribution >= 0.6 is 0 Å². The number of amides is 1. The van der Waals surface area contributed by atoms with Crippen LogP contribution < -0.4 is 0 Å². The summed E-state index contributed by atoms with van der Waals surface area (Å²) >= 11 is 0. The Balaban J connectivity index is 2.72. The Hall–Kier alpha value is -0.820. The van der Waals surface area contributed by atoms with Gasteiger partial charge in [0.25, 0.3) is 0 Å². The molecule has 1 aliphatic heterocycles. The molecule has 0 bridgehead atoms. The van der Waals surface area contributed by atoms with Crippen LogP contribution in [-0.4, -0.2) is 36.6 Å². The van der Waals surface area contributed by atoms with Crippen molar-refractivity contribution in [1.29, 1.82) is 0 Å². The lowest BCUT2D eigenvalue weighted by Crippen LogP contribution is -2.45. The zero-order valence-electron chi connectivity index (χ0n) is 9.63. The number of rotatable bonds is 1. The van der Waals surface area contributed by atoms with E-state index in [9.17, 15) is 13.2 Å². The molecule has 1 atom stereocenters. The van der Waals surface area contributed by atoms with E-state index in [1.54, 1.807) is 0 Å². The second kappa shape index (κ2) is 4.21. The normalized spacial score (nSPS) is 25.4. The summed E-state index contributed by atoms with van der Waals surface area (Å²) in [4.78, 5) is 10.6. The van der Waals surface area contributed by atoms with Crippen LogP contribution in [0.25, 0.3) is 0 Å². The Labute approximate surface area is 95.5 Å². The van der Waals surface area contributed by atoms with Crippen molar-refractivity contribution in [3.05, 3.63) is 0 Å². The van der Waals surface area contributed by atoms with Crippen molar-refractivity contribution >= 4 is 16.4 Å². The summed E-state index contributed by atoms with van der Waals surface area (Å²) < 4.78 is 28.1. The summed E-state index contributed by atoms with van der Waals surface area (Å²) in [6, 6.07) is 0. The van der Waals surface area contributed by atoms with E-state index in [-0.39, 0.29) is 12.0 Å². The van der Waals surface area contributed by atoms with Gasteiger partial charge in [-0.2, -0.15) is 12.7 Å². The number of hydrogen-bond donors (Lipinski definition) is 1. The first-order valence-electron chi connectivity index (χ1n) is 5.06. The van der Waals surface area contributed by atoms with E-state index in [2.05, 4.69) is 0 Å². The molecule has 0 aromatic heterocycles. The first kappa shape index (κ1) is 13.2. The van der Waals surface area contributed by atoms with E-state index in [1.165, 1.54) is 0 Å². The summed E-state index contributed by atoms with van der Waals surface area (Å²) in [6.07, 6.45) is -0.933. The van der Waals surface area contributed by atoms with Gasteiger partial charge < -0.3 is 5.11 Å². The molecule has 1 N–H and O–H groups in total. The molecule has 1 aliphatic rings. The second-order valence-corrected chi connectivity index (χ2v) is 6.57. The Bertz CT molecular complexity index is 370. The average molecular weight is 251 g/mol. The Morgan fingerprint density at radius 1 is 1.50 bits per heavy atom. The maximum atomic E-state index is 11.4. The van der Waals surface area contributed by atoms with Crippen LogP contribution in [0.3, 0.4) is 0 Å². The van der Waals surface area contributed by atoms with Gasteiger partial charge in [-0.3, -0.25) is 0 Å². The zero-order chi connectivity index (χ0) is 12.6. The molecule has 7 heteroatoms. The predicted octanol–water partition coefficient (Wildman–Crippen LogP) is 1.44. The molecule has 0 spiro atoms. The molecule has 1 saturated heterocycles. The van der Waals surface area contributed by atoms with Gasteiger partial charge in [0.15, 0.2) is 0 Å². The fourth-order valence-corrected chi connectivity index (χ4v) is 2.79. The second-order valence-electron chi connectivity index (χ2n) is 5.08. The van der Waals surface area contributed by atoms with Gasteiger partial charge >= 0.3 is 16.4 Å². The summed E-state index contributed by atoms with van der Waals surface area (Å²) in [5.41, 5.74) is -0.0500. The van der Waals surface area contributed by atoms with Crippen molar-refractivity contribution in [2.24, 2.45) is 5.41 Å². The summed E-state index contributed by atoms with van der Waals surface area (Å²) in [5, 5.41) is 8.66. The van der Waals surface area contributed by atoms with Crippen molar-refractivity contribution in [3.8, 4) is 0 Å². The first-order valence-corrected chi connectivity index (χ1v) is 6.42. The minimum absolute atomic E-state index is 0.0294. The fourth-order valence-electron chi connectivity index (χ4n) is 1.66. The standard InChI is InChI=1S/C9H17NO5S/c1-9(2,3)6-7-4-5-10(8(11)12)16(13,14)15-7/h7H,4-6H2,1-3H3,(H,11,12)/t7-/m1/s1. The van der Waals surface area contributed by atoms with Crippen LogP contribution in [0.15, 0.2) is 0 Å². The summed E-state index contributed by atoms with van der Waals surface area (Å²) in [7, 11) is -4.11. The van der Waals surface area contributed by atoms with E-state index < -0.39 is 22.5 Å². The van der Waals surface area contributed by atoms with Gasteiger partial charge in [0.1, 0.15) is 0 Å². The van der Waals surface area contributed by atoms with E-state index in [0.717, 1.165) is 0 Å². The van der Waals surface area contributed by atoms with Crippen LogP contribution in [0.2, 0.25) is 0 Å². The molecule has 0 unspecified atom stereocenters. The molecule has 0 aromatic carbocycles. The molecule has 1 amide bonds. The van der Waals surface area contributed by atoms with Crippen LogP contribution in [0.5, 0.6) is 0 Å². The molecule has 6 nitrogen and oxygen atoms in total. The highest BCUT2D eigenvalue weighted by Gasteiger charge is 2.37. The highest BCUT2D eigenvalue weighted by molar-refractivity contribution is 7.84. The minimum atomic E-state index is -4.11. The largest absolute Gasteiger partial charge is 0.464 e. The van der Waals surface area contributed by atoms with E-state index in [0.29, 0.717) is 17.1 Å². The van der Waals surface area contributed by atoms with Gasteiger partial charge in [-0.1, -0.05) is 20.8 Å². The highest BCUT2D eigenvalue weighted by atomic mass is 32.2. The lowest BCUT2D eigenvalue weighted by Gasteiger charge is -2.32. The third-order valence-corrected chi connectivity index (χ3v) is 3.63.